The Kier molecular flexibility index (Phi) is 4.18. The summed E-state index contributed by atoms with van der Waals surface area (Å²) in [4.78, 5) is 0. The molecule has 2 aromatic rings. The normalized spacial score (nSPS) is 33.7. The molecular weight excluding hydrogens is 352 g/mol. The third-order valence-corrected chi connectivity index (χ3v) is 11.3. The Hall–Kier alpha value is -1.20. The van der Waals surface area contributed by atoms with Gasteiger partial charge in [-0.2, -0.15) is 0 Å². The minimum absolute atomic E-state index is 0.00294. The van der Waals surface area contributed by atoms with E-state index in [-0.39, 0.29) is 22.7 Å². The van der Waals surface area contributed by atoms with Crippen molar-refractivity contribution in [1.82, 2.24) is 0 Å². The van der Waals surface area contributed by atoms with E-state index in [1.165, 1.54) is 16.3 Å². The number of hydrogen-bond acceptors (Lipinski definition) is 3. The van der Waals surface area contributed by atoms with Crippen LogP contribution >= 0.6 is 0 Å². The van der Waals surface area contributed by atoms with Gasteiger partial charge in [0.25, 0.3) is 5.97 Å². The highest BCUT2D eigenvalue weighted by Crippen LogP contribution is 2.67. The van der Waals surface area contributed by atoms with Crippen LogP contribution in [-0.2, 0) is 13.9 Å². The molecule has 4 heteroatoms. The van der Waals surface area contributed by atoms with E-state index >= 15 is 0 Å². The number of benzene rings is 2. The number of rotatable bonds is 3. The lowest BCUT2D eigenvalue weighted by molar-refractivity contribution is -0.483. The summed E-state index contributed by atoms with van der Waals surface area (Å²) in [5.74, 6) is -0.911. The minimum Gasteiger partial charge on any atom is -0.368 e. The topological polar surface area (TPSA) is 27.7 Å². The van der Waals surface area contributed by atoms with Gasteiger partial charge < -0.3 is 13.9 Å². The molecule has 2 fully saturated rings. The second-order valence-electron chi connectivity index (χ2n) is 10.1. The summed E-state index contributed by atoms with van der Waals surface area (Å²) in [6.07, 6.45) is 1.07. The predicted molar refractivity (Wildman–Crippen MR) is 112 cm³/mol. The zero-order valence-electron chi connectivity index (χ0n) is 17.6. The Balaban J connectivity index is 1.68. The van der Waals surface area contributed by atoms with E-state index in [4.69, 9.17) is 13.9 Å². The maximum absolute atomic E-state index is 6.76. The Morgan fingerprint density at radius 1 is 1.04 bits per heavy atom. The lowest BCUT2D eigenvalue weighted by Gasteiger charge is -2.59. The summed E-state index contributed by atoms with van der Waals surface area (Å²) in [6.45, 7) is 15.7. The fourth-order valence-electron chi connectivity index (χ4n) is 4.28. The second kappa shape index (κ2) is 5.90. The standard InChI is InChI=1S/C23H32O3Si/c1-16-15-22(5)20(19-13-12-17-10-8-9-11-18(17)14-19)25-23(22,24-16)26-27(6,7)21(2,3)4/h8-14,16,20H,15H2,1-7H3/t16-,20-,22-,23-/m1/s1. The van der Waals surface area contributed by atoms with Crippen molar-refractivity contribution in [2.75, 3.05) is 0 Å². The molecule has 2 heterocycles. The lowest BCUT2D eigenvalue weighted by Crippen LogP contribution is -2.66. The Morgan fingerprint density at radius 2 is 1.70 bits per heavy atom. The zero-order chi connectivity index (χ0) is 19.7. The van der Waals surface area contributed by atoms with Gasteiger partial charge >= 0.3 is 0 Å². The van der Waals surface area contributed by atoms with Crippen LogP contribution in [0, 0.1) is 5.41 Å². The molecule has 0 aliphatic carbocycles. The van der Waals surface area contributed by atoms with Crippen LogP contribution in [0.15, 0.2) is 42.5 Å². The molecule has 27 heavy (non-hydrogen) atoms. The molecule has 146 valence electrons. The monoisotopic (exact) mass is 384 g/mol. The van der Waals surface area contributed by atoms with Crippen LogP contribution < -0.4 is 0 Å². The molecule has 4 rings (SSSR count). The highest BCUT2D eigenvalue weighted by molar-refractivity contribution is 6.74. The van der Waals surface area contributed by atoms with Gasteiger partial charge in [-0.25, -0.2) is 0 Å². The van der Waals surface area contributed by atoms with Gasteiger partial charge in [-0.1, -0.05) is 57.2 Å². The van der Waals surface area contributed by atoms with Gasteiger partial charge in [0.2, 0.25) is 0 Å². The number of hydrogen-bond donors (Lipinski definition) is 0. The van der Waals surface area contributed by atoms with Gasteiger partial charge in [0.15, 0.2) is 8.32 Å². The van der Waals surface area contributed by atoms with Crippen molar-refractivity contribution in [2.45, 2.75) is 77.4 Å². The van der Waals surface area contributed by atoms with Gasteiger partial charge in [0.1, 0.15) is 6.10 Å². The lowest BCUT2D eigenvalue weighted by atomic mass is 9.71. The Labute approximate surface area is 164 Å². The van der Waals surface area contributed by atoms with Crippen molar-refractivity contribution in [3.05, 3.63) is 48.0 Å². The smallest absolute Gasteiger partial charge is 0.283 e. The fraction of sp³-hybridized carbons (Fsp3) is 0.565. The highest BCUT2D eigenvalue weighted by atomic mass is 28.4. The number of ether oxygens (including phenoxy) is 2. The molecule has 0 radical (unpaired) electrons. The van der Waals surface area contributed by atoms with E-state index in [1.54, 1.807) is 0 Å². The summed E-state index contributed by atoms with van der Waals surface area (Å²) in [5.41, 5.74) is 1.04. The SMILES string of the molecule is C[C@@H]1C[C@]2(C)[C@@H](c3ccc4ccccc4c3)O[C@]2(O[Si](C)(C)C(C)(C)C)O1. The van der Waals surface area contributed by atoms with Crippen molar-refractivity contribution in [2.24, 2.45) is 5.41 Å². The van der Waals surface area contributed by atoms with Crippen molar-refractivity contribution < 1.29 is 13.9 Å². The molecule has 0 bridgehead atoms. The highest BCUT2D eigenvalue weighted by Gasteiger charge is 2.73. The summed E-state index contributed by atoms with van der Waals surface area (Å²) >= 11 is 0. The largest absolute Gasteiger partial charge is 0.368 e. The maximum atomic E-state index is 6.76. The van der Waals surface area contributed by atoms with Gasteiger partial charge in [-0.3, -0.25) is 0 Å². The molecule has 2 aliphatic rings. The van der Waals surface area contributed by atoms with Crippen LogP contribution in [0.1, 0.15) is 52.7 Å². The first kappa shape index (κ1) is 19.1. The van der Waals surface area contributed by atoms with Crippen molar-refractivity contribution in [3.63, 3.8) is 0 Å². The van der Waals surface area contributed by atoms with E-state index in [0.717, 1.165) is 6.42 Å². The van der Waals surface area contributed by atoms with Crippen molar-refractivity contribution >= 4 is 19.1 Å². The Bertz CT molecular complexity index is 871. The average molecular weight is 385 g/mol. The van der Waals surface area contributed by atoms with Crippen LogP contribution in [0.3, 0.4) is 0 Å². The summed E-state index contributed by atoms with van der Waals surface area (Å²) in [5, 5.41) is 2.61. The molecule has 4 atom stereocenters. The fourth-order valence-corrected chi connectivity index (χ4v) is 5.59. The van der Waals surface area contributed by atoms with Gasteiger partial charge in [-0.05, 0) is 60.8 Å². The molecule has 0 N–H and O–H groups in total. The van der Waals surface area contributed by atoms with Crippen LogP contribution in [0.2, 0.25) is 18.1 Å². The van der Waals surface area contributed by atoms with E-state index in [0.29, 0.717) is 0 Å². The van der Waals surface area contributed by atoms with Crippen molar-refractivity contribution in [1.29, 1.82) is 0 Å². The molecular formula is C23H32O3Si. The molecule has 0 spiro atoms. The van der Waals surface area contributed by atoms with Crippen molar-refractivity contribution in [3.8, 4) is 0 Å². The average Bonchev–Trinajstić information content (AvgIpc) is 2.74. The first-order chi connectivity index (χ1) is 12.5. The second-order valence-corrected chi connectivity index (χ2v) is 14.8. The zero-order valence-corrected chi connectivity index (χ0v) is 18.6. The van der Waals surface area contributed by atoms with Crippen LogP contribution in [0.5, 0.6) is 0 Å². The summed E-state index contributed by atoms with van der Waals surface area (Å²) in [6, 6.07) is 15.1. The third-order valence-electron chi connectivity index (χ3n) is 6.89. The van der Waals surface area contributed by atoms with E-state index in [1.807, 2.05) is 0 Å². The van der Waals surface area contributed by atoms with Gasteiger partial charge in [0, 0.05) is 0 Å². The quantitative estimate of drug-likeness (QED) is 0.573. The predicted octanol–water partition coefficient (Wildman–Crippen LogP) is 6.40. The molecule has 0 saturated carbocycles. The van der Waals surface area contributed by atoms with Crippen LogP contribution in [0.4, 0.5) is 0 Å². The maximum Gasteiger partial charge on any atom is 0.283 e. The number of fused-ring (bicyclic) bond motifs is 2. The molecule has 0 aromatic heterocycles. The van der Waals surface area contributed by atoms with E-state index in [2.05, 4.69) is 90.2 Å². The molecule has 2 aromatic carbocycles. The Morgan fingerprint density at radius 3 is 2.37 bits per heavy atom. The molecule has 0 unspecified atom stereocenters. The van der Waals surface area contributed by atoms with Crippen LogP contribution in [-0.4, -0.2) is 20.4 Å². The van der Waals surface area contributed by atoms with Crippen LogP contribution in [0.25, 0.3) is 10.8 Å². The third kappa shape index (κ3) is 2.80. The van der Waals surface area contributed by atoms with E-state index < -0.39 is 14.3 Å². The molecule has 3 nitrogen and oxygen atoms in total. The molecule has 0 amide bonds. The van der Waals surface area contributed by atoms with Gasteiger partial charge in [0.05, 0.1) is 11.5 Å². The minimum atomic E-state index is -2.03. The molecule has 2 saturated heterocycles. The summed E-state index contributed by atoms with van der Waals surface area (Å²) < 4.78 is 19.5. The van der Waals surface area contributed by atoms with E-state index in [9.17, 15) is 0 Å². The molecule has 2 aliphatic heterocycles. The first-order valence-corrected chi connectivity index (χ1v) is 12.9. The van der Waals surface area contributed by atoms with Gasteiger partial charge in [-0.15, -0.1) is 0 Å². The summed E-state index contributed by atoms with van der Waals surface area (Å²) in [7, 11) is -2.03. The first-order valence-electron chi connectivity index (χ1n) is 10.0.